The predicted molar refractivity (Wildman–Crippen MR) is 156 cm³/mol. The Balaban J connectivity index is 1.25. The van der Waals surface area contributed by atoms with Crippen LogP contribution >= 0.6 is 23.2 Å². The summed E-state index contributed by atoms with van der Waals surface area (Å²) in [6.45, 7) is 8.55. The minimum Gasteiger partial charge on any atom is -0.487 e. The van der Waals surface area contributed by atoms with Crippen molar-refractivity contribution in [2.75, 3.05) is 0 Å². The summed E-state index contributed by atoms with van der Waals surface area (Å²) in [5, 5.41) is 9.25. The number of benzene rings is 2. The molecule has 7 nitrogen and oxygen atoms in total. The molecule has 0 unspecified atom stereocenters. The van der Waals surface area contributed by atoms with Crippen LogP contribution in [0.15, 0.2) is 71.3 Å². The third-order valence-corrected chi connectivity index (χ3v) is 8.63. The van der Waals surface area contributed by atoms with E-state index in [1.54, 1.807) is 29.1 Å². The fourth-order valence-corrected chi connectivity index (χ4v) is 6.33. The lowest BCUT2D eigenvalue weighted by molar-refractivity contribution is -0.120. The first-order chi connectivity index (χ1) is 19.4. The molecule has 0 saturated heterocycles. The smallest absolute Gasteiger partial charge is 0.163 e. The topological polar surface area (TPSA) is 83.3 Å². The Morgan fingerprint density at radius 1 is 0.878 bits per heavy atom. The van der Waals surface area contributed by atoms with Gasteiger partial charge in [-0.15, -0.1) is 5.10 Å². The van der Waals surface area contributed by atoms with Crippen molar-refractivity contribution in [1.29, 1.82) is 0 Å². The Hall–Kier alpha value is -3.42. The van der Waals surface area contributed by atoms with Gasteiger partial charge in [-0.05, 0) is 46.7 Å². The molecule has 212 valence electrons. The molecule has 1 aliphatic heterocycles. The van der Waals surface area contributed by atoms with E-state index in [4.69, 9.17) is 32.7 Å². The van der Waals surface area contributed by atoms with Crippen molar-refractivity contribution < 1.29 is 19.1 Å². The largest absolute Gasteiger partial charge is 0.487 e. The van der Waals surface area contributed by atoms with Gasteiger partial charge in [0.2, 0.25) is 0 Å². The van der Waals surface area contributed by atoms with Crippen LogP contribution in [0.25, 0.3) is 5.69 Å². The number of carbonyl (C=O) groups excluding carboxylic acids is 2. The fourth-order valence-electron chi connectivity index (χ4n) is 6.04. The molecule has 3 aromatic rings. The van der Waals surface area contributed by atoms with Crippen molar-refractivity contribution >= 4 is 34.8 Å². The van der Waals surface area contributed by atoms with Gasteiger partial charge in [0.05, 0.1) is 21.9 Å². The minimum absolute atomic E-state index is 0.0517. The number of rotatable bonds is 5. The summed E-state index contributed by atoms with van der Waals surface area (Å²) in [4.78, 5) is 27.0. The average molecular weight is 593 g/mol. The number of aromatic nitrogens is 3. The number of ketones is 2. The van der Waals surface area contributed by atoms with E-state index < -0.39 is 5.92 Å². The van der Waals surface area contributed by atoms with Gasteiger partial charge >= 0.3 is 0 Å². The Morgan fingerprint density at radius 2 is 1.49 bits per heavy atom. The van der Waals surface area contributed by atoms with Gasteiger partial charge in [-0.3, -0.25) is 9.59 Å². The zero-order valence-electron chi connectivity index (χ0n) is 23.5. The van der Waals surface area contributed by atoms with Gasteiger partial charge in [0.1, 0.15) is 29.6 Å². The van der Waals surface area contributed by atoms with Crippen LogP contribution in [-0.4, -0.2) is 26.6 Å². The number of hydrogen-bond donors (Lipinski definition) is 0. The fraction of sp³-hybridized carbons (Fsp3) is 0.375. The molecule has 9 heteroatoms. The van der Waals surface area contributed by atoms with Crippen LogP contribution in [-0.2, 0) is 20.9 Å². The molecule has 0 radical (unpaired) electrons. The SMILES string of the molecule is CC1(C)CC(=O)C2=C(C1)OC1=C(C(=O)CC(C)(C)C1)C2c1ccc(OCc2cn(-c3ccc(Cl)c(Cl)c3)nn2)cc1. The Bertz CT molecular complexity index is 1580. The predicted octanol–water partition coefficient (Wildman–Crippen LogP) is 7.55. The average Bonchev–Trinajstić information content (AvgIpc) is 3.36. The zero-order chi connectivity index (χ0) is 29.1. The van der Waals surface area contributed by atoms with Gasteiger partial charge in [-0.2, -0.15) is 0 Å². The summed E-state index contributed by atoms with van der Waals surface area (Å²) in [6, 6.07) is 12.8. The molecule has 2 heterocycles. The van der Waals surface area contributed by atoms with Crippen LogP contribution in [0.5, 0.6) is 5.75 Å². The normalized spacial score (nSPS) is 20.0. The first kappa shape index (κ1) is 27.7. The van der Waals surface area contributed by atoms with Crippen molar-refractivity contribution in [1.82, 2.24) is 15.0 Å². The van der Waals surface area contributed by atoms with Crippen LogP contribution in [0.2, 0.25) is 10.0 Å². The van der Waals surface area contributed by atoms with E-state index in [0.29, 0.717) is 69.8 Å². The summed E-state index contributed by atoms with van der Waals surface area (Å²) < 4.78 is 14.0. The third-order valence-electron chi connectivity index (χ3n) is 7.89. The molecule has 1 aromatic heterocycles. The van der Waals surface area contributed by atoms with Crippen molar-refractivity contribution in [3.63, 3.8) is 0 Å². The van der Waals surface area contributed by atoms with E-state index in [9.17, 15) is 9.59 Å². The molecule has 0 spiro atoms. The van der Waals surface area contributed by atoms with Crippen molar-refractivity contribution in [3.05, 3.63) is 92.6 Å². The van der Waals surface area contributed by atoms with Gasteiger partial charge in [0.25, 0.3) is 0 Å². The second kappa shape index (κ2) is 10.1. The van der Waals surface area contributed by atoms with E-state index >= 15 is 0 Å². The lowest BCUT2D eigenvalue weighted by Crippen LogP contribution is -2.37. The molecule has 6 rings (SSSR count). The summed E-state index contributed by atoms with van der Waals surface area (Å²) in [5.74, 6) is 1.74. The van der Waals surface area contributed by atoms with Crippen molar-refractivity contribution in [3.8, 4) is 11.4 Å². The molecule has 0 saturated carbocycles. The second-order valence-corrected chi connectivity index (χ2v) is 13.5. The maximum absolute atomic E-state index is 13.5. The number of hydrogen-bond acceptors (Lipinski definition) is 6. The standard InChI is InChI=1S/C32H31Cl2N3O4/c1-31(2)12-24(38)29-26(14-31)41-27-15-32(3,4)13-25(39)30(27)28(29)18-5-8-21(9-6-18)40-17-19-16-37(36-35-19)20-7-10-22(33)23(34)11-20/h5-11,16,28H,12-15,17H2,1-4H3. The molecule has 2 aromatic carbocycles. The second-order valence-electron chi connectivity index (χ2n) is 12.7. The number of Topliss-reactive ketones (excluding diaryl/α,β-unsaturated/α-hetero) is 2. The van der Waals surface area contributed by atoms with Crippen LogP contribution in [0.1, 0.15) is 70.6 Å². The molecule has 3 aliphatic rings. The van der Waals surface area contributed by atoms with Crippen LogP contribution in [0.3, 0.4) is 0 Å². The molecule has 0 fully saturated rings. The molecule has 2 aliphatic carbocycles. The summed E-state index contributed by atoms with van der Waals surface area (Å²) in [7, 11) is 0. The third kappa shape index (κ3) is 5.45. The number of nitrogens with zero attached hydrogens (tertiary/aromatic N) is 3. The highest BCUT2D eigenvalue weighted by atomic mass is 35.5. The summed E-state index contributed by atoms with van der Waals surface area (Å²) in [5.41, 5.74) is 3.14. The molecule has 0 bridgehead atoms. The Kier molecular flexibility index (Phi) is 6.86. The van der Waals surface area contributed by atoms with Gasteiger partial charge < -0.3 is 9.47 Å². The van der Waals surface area contributed by atoms with Crippen molar-refractivity contribution in [2.24, 2.45) is 10.8 Å². The van der Waals surface area contributed by atoms with Gasteiger partial charge in [0.15, 0.2) is 11.6 Å². The highest BCUT2D eigenvalue weighted by Gasteiger charge is 2.47. The molecular weight excluding hydrogens is 561 g/mol. The summed E-state index contributed by atoms with van der Waals surface area (Å²) >= 11 is 12.1. The van der Waals surface area contributed by atoms with E-state index in [1.807, 2.05) is 24.3 Å². The minimum atomic E-state index is -0.430. The number of ether oxygens (including phenoxy) is 2. The monoisotopic (exact) mass is 591 g/mol. The van der Waals surface area contributed by atoms with Gasteiger partial charge in [-0.25, -0.2) is 4.68 Å². The van der Waals surface area contributed by atoms with E-state index in [2.05, 4.69) is 38.0 Å². The van der Waals surface area contributed by atoms with Crippen molar-refractivity contribution in [2.45, 2.75) is 65.9 Å². The molecule has 0 N–H and O–H groups in total. The highest BCUT2D eigenvalue weighted by molar-refractivity contribution is 6.42. The molecule has 0 atom stereocenters. The lowest BCUT2D eigenvalue weighted by atomic mass is 9.65. The first-order valence-electron chi connectivity index (χ1n) is 13.7. The van der Waals surface area contributed by atoms with Gasteiger partial charge in [0, 0.05) is 42.7 Å². The Labute approximate surface area is 249 Å². The van der Waals surface area contributed by atoms with Crippen LogP contribution < -0.4 is 4.74 Å². The maximum Gasteiger partial charge on any atom is 0.163 e. The van der Waals surface area contributed by atoms with Crippen LogP contribution in [0.4, 0.5) is 0 Å². The molecular formula is C32H31Cl2N3O4. The van der Waals surface area contributed by atoms with Gasteiger partial charge in [-0.1, -0.05) is 68.2 Å². The molecule has 0 amide bonds. The number of carbonyl (C=O) groups is 2. The lowest BCUT2D eigenvalue weighted by Gasteiger charge is -2.42. The van der Waals surface area contributed by atoms with E-state index in [1.165, 1.54) is 0 Å². The number of halogens is 2. The van der Waals surface area contributed by atoms with E-state index in [0.717, 1.165) is 11.3 Å². The van der Waals surface area contributed by atoms with Crippen LogP contribution in [0, 0.1) is 10.8 Å². The maximum atomic E-state index is 13.5. The highest BCUT2D eigenvalue weighted by Crippen LogP contribution is 2.53. The Morgan fingerprint density at radius 3 is 2.07 bits per heavy atom. The van der Waals surface area contributed by atoms with E-state index in [-0.39, 0.29) is 29.0 Å². The number of allylic oxidation sites excluding steroid dienone is 4. The quantitative estimate of drug-likeness (QED) is 0.304. The molecule has 41 heavy (non-hydrogen) atoms. The zero-order valence-corrected chi connectivity index (χ0v) is 25.0. The summed E-state index contributed by atoms with van der Waals surface area (Å²) in [6.07, 6.45) is 3.96. The first-order valence-corrected chi connectivity index (χ1v) is 14.4.